The lowest BCUT2D eigenvalue weighted by Crippen LogP contribution is -1.98. The molecule has 0 aliphatic heterocycles. The number of aryl methyl sites for hydroxylation is 1. The summed E-state index contributed by atoms with van der Waals surface area (Å²) in [6, 6.07) is 10.6. The zero-order chi connectivity index (χ0) is 12.1. The second kappa shape index (κ2) is 5.43. The minimum atomic E-state index is -0.217. The van der Waals surface area contributed by atoms with E-state index < -0.39 is 0 Å². The zero-order valence-corrected chi connectivity index (χ0v) is 9.69. The molecule has 0 aliphatic rings. The largest absolute Gasteiger partial charge is 0.487 e. The number of benzene rings is 1. The van der Waals surface area contributed by atoms with Gasteiger partial charge >= 0.3 is 0 Å². The van der Waals surface area contributed by atoms with Crippen LogP contribution in [0.3, 0.4) is 0 Å². The van der Waals surface area contributed by atoms with Gasteiger partial charge < -0.3 is 4.74 Å². The zero-order valence-electron chi connectivity index (χ0n) is 9.69. The second-order valence-electron chi connectivity index (χ2n) is 3.72. The van der Waals surface area contributed by atoms with Gasteiger partial charge in [-0.25, -0.2) is 4.39 Å². The van der Waals surface area contributed by atoms with E-state index in [0.717, 1.165) is 5.69 Å². The molecule has 1 heterocycles. The topological polar surface area (TPSA) is 22.1 Å². The standard InChI is InChI=1S/C14H14FNO/c1-2-11-6-7-13(9-14(11)15)17-10-12-5-3-4-8-16-12/h3-9H,2,10H2,1H3. The third kappa shape index (κ3) is 3.03. The molecule has 1 aromatic heterocycles. The molecule has 17 heavy (non-hydrogen) atoms. The van der Waals surface area contributed by atoms with Crippen molar-refractivity contribution in [3.63, 3.8) is 0 Å². The fourth-order valence-electron chi connectivity index (χ4n) is 1.55. The van der Waals surface area contributed by atoms with Crippen molar-refractivity contribution in [1.82, 2.24) is 4.98 Å². The first kappa shape index (κ1) is 11.6. The number of hydrogen-bond acceptors (Lipinski definition) is 2. The highest BCUT2D eigenvalue weighted by Gasteiger charge is 2.02. The Bertz CT molecular complexity index is 485. The summed E-state index contributed by atoms with van der Waals surface area (Å²) in [5.74, 6) is 0.316. The van der Waals surface area contributed by atoms with Crippen LogP contribution in [0.15, 0.2) is 42.6 Å². The maximum absolute atomic E-state index is 13.5. The molecule has 1 aromatic carbocycles. The summed E-state index contributed by atoms with van der Waals surface area (Å²) < 4.78 is 19.0. The van der Waals surface area contributed by atoms with E-state index in [2.05, 4.69) is 4.98 Å². The molecule has 3 heteroatoms. The van der Waals surface area contributed by atoms with Crippen molar-refractivity contribution < 1.29 is 9.13 Å². The van der Waals surface area contributed by atoms with Crippen LogP contribution in [0.5, 0.6) is 5.75 Å². The van der Waals surface area contributed by atoms with Gasteiger partial charge in [0.25, 0.3) is 0 Å². The summed E-state index contributed by atoms with van der Waals surface area (Å²) in [5.41, 5.74) is 1.53. The Kier molecular flexibility index (Phi) is 3.70. The van der Waals surface area contributed by atoms with Gasteiger partial charge in [0.2, 0.25) is 0 Å². The number of pyridine rings is 1. The van der Waals surface area contributed by atoms with Crippen LogP contribution in [0.2, 0.25) is 0 Å². The Balaban J connectivity index is 2.02. The van der Waals surface area contributed by atoms with Crippen LogP contribution in [-0.2, 0) is 13.0 Å². The fourth-order valence-corrected chi connectivity index (χ4v) is 1.55. The number of nitrogens with zero attached hydrogens (tertiary/aromatic N) is 1. The number of hydrogen-bond donors (Lipinski definition) is 0. The fraction of sp³-hybridized carbons (Fsp3) is 0.214. The van der Waals surface area contributed by atoms with Gasteiger partial charge in [-0.15, -0.1) is 0 Å². The van der Waals surface area contributed by atoms with Crippen LogP contribution in [0.4, 0.5) is 4.39 Å². The molecule has 2 aromatic rings. The van der Waals surface area contributed by atoms with Crippen molar-refractivity contribution in [2.75, 3.05) is 0 Å². The molecule has 0 saturated carbocycles. The van der Waals surface area contributed by atoms with Crippen molar-refractivity contribution in [1.29, 1.82) is 0 Å². The number of rotatable bonds is 4. The molecule has 0 fully saturated rings. The molecule has 0 aliphatic carbocycles. The Labute approximate surface area is 100 Å². The maximum Gasteiger partial charge on any atom is 0.130 e. The van der Waals surface area contributed by atoms with Crippen LogP contribution in [0.25, 0.3) is 0 Å². The molecule has 2 rings (SSSR count). The Morgan fingerprint density at radius 2 is 2.12 bits per heavy atom. The van der Waals surface area contributed by atoms with Crippen molar-refractivity contribution in [2.24, 2.45) is 0 Å². The highest BCUT2D eigenvalue weighted by atomic mass is 19.1. The highest BCUT2D eigenvalue weighted by Crippen LogP contribution is 2.17. The summed E-state index contributed by atoms with van der Waals surface area (Å²) in [6.07, 6.45) is 2.39. The monoisotopic (exact) mass is 231 g/mol. The molecular weight excluding hydrogens is 217 g/mol. The van der Waals surface area contributed by atoms with Crippen LogP contribution in [-0.4, -0.2) is 4.98 Å². The Morgan fingerprint density at radius 1 is 1.24 bits per heavy atom. The van der Waals surface area contributed by atoms with Gasteiger partial charge in [0.15, 0.2) is 0 Å². The Hall–Kier alpha value is -1.90. The van der Waals surface area contributed by atoms with Crippen molar-refractivity contribution in [2.45, 2.75) is 20.0 Å². The minimum absolute atomic E-state index is 0.217. The van der Waals surface area contributed by atoms with E-state index in [1.165, 1.54) is 6.07 Å². The number of ether oxygens (including phenoxy) is 1. The highest BCUT2D eigenvalue weighted by molar-refractivity contribution is 5.29. The molecule has 88 valence electrons. The first-order valence-corrected chi connectivity index (χ1v) is 5.60. The molecule has 0 atom stereocenters. The lowest BCUT2D eigenvalue weighted by Gasteiger charge is -2.07. The van der Waals surface area contributed by atoms with Crippen LogP contribution in [0.1, 0.15) is 18.2 Å². The van der Waals surface area contributed by atoms with E-state index in [-0.39, 0.29) is 5.82 Å². The van der Waals surface area contributed by atoms with Crippen LogP contribution >= 0.6 is 0 Å². The molecule has 0 saturated heterocycles. The maximum atomic E-state index is 13.5. The quantitative estimate of drug-likeness (QED) is 0.805. The van der Waals surface area contributed by atoms with E-state index in [1.54, 1.807) is 18.3 Å². The summed E-state index contributed by atoms with van der Waals surface area (Å²) in [4.78, 5) is 4.13. The van der Waals surface area contributed by atoms with E-state index >= 15 is 0 Å². The number of halogens is 1. The third-order valence-corrected chi connectivity index (χ3v) is 2.52. The summed E-state index contributed by atoms with van der Waals surface area (Å²) in [6.45, 7) is 2.28. The lowest BCUT2D eigenvalue weighted by atomic mass is 10.1. The molecule has 0 radical (unpaired) electrons. The third-order valence-electron chi connectivity index (χ3n) is 2.52. The molecule has 0 amide bonds. The molecular formula is C14H14FNO. The molecule has 0 spiro atoms. The smallest absolute Gasteiger partial charge is 0.130 e. The SMILES string of the molecule is CCc1ccc(OCc2ccccn2)cc1F. The second-order valence-corrected chi connectivity index (χ2v) is 3.72. The predicted molar refractivity (Wildman–Crippen MR) is 64.3 cm³/mol. The van der Waals surface area contributed by atoms with Gasteiger partial charge in [-0.3, -0.25) is 4.98 Å². The minimum Gasteiger partial charge on any atom is -0.487 e. The summed E-state index contributed by atoms with van der Waals surface area (Å²) in [5, 5.41) is 0. The van der Waals surface area contributed by atoms with E-state index in [9.17, 15) is 4.39 Å². The van der Waals surface area contributed by atoms with E-state index in [0.29, 0.717) is 24.3 Å². The molecule has 0 unspecified atom stereocenters. The Morgan fingerprint density at radius 3 is 2.76 bits per heavy atom. The number of aromatic nitrogens is 1. The lowest BCUT2D eigenvalue weighted by molar-refractivity contribution is 0.299. The van der Waals surface area contributed by atoms with Gasteiger partial charge in [-0.1, -0.05) is 19.1 Å². The van der Waals surface area contributed by atoms with Crippen molar-refractivity contribution in [3.05, 3.63) is 59.7 Å². The first-order valence-electron chi connectivity index (χ1n) is 5.60. The van der Waals surface area contributed by atoms with Crippen LogP contribution < -0.4 is 4.74 Å². The van der Waals surface area contributed by atoms with Crippen LogP contribution in [0, 0.1) is 5.82 Å². The average molecular weight is 231 g/mol. The van der Waals surface area contributed by atoms with Gasteiger partial charge in [0, 0.05) is 12.3 Å². The molecule has 0 bridgehead atoms. The van der Waals surface area contributed by atoms with Gasteiger partial charge in [0.1, 0.15) is 18.2 Å². The van der Waals surface area contributed by atoms with E-state index in [4.69, 9.17) is 4.74 Å². The molecule has 2 nitrogen and oxygen atoms in total. The summed E-state index contributed by atoms with van der Waals surface area (Å²) in [7, 11) is 0. The normalized spacial score (nSPS) is 10.2. The summed E-state index contributed by atoms with van der Waals surface area (Å²) >= 11 is 0. The van der Waals surface area contributed by atoms with Gasteiger partial charge in [-0.2, -0.15) is 0 Å². The van der Waals surface area contributed by atoms with Gasteiger partial charge in [0.05, 0.1) is 5.69 Å². The molecule has 0 N–H and O–H groups in total. The average Bonchev–Trinajstić information content (AvgIpc) is 2.38. The van der Waals surface area contributed by atoms with Crippen molar-refractivity contribution >= 4 is 0 Å². The van der Waals surface area contributed by atoms with E-state index in [1.807, 2.05) is 25.1 Å². The van der Waals surface area contributed by atoms with Gasteiger partial charge in [-0.05, 0) is 30.2 Å². The van der Waals surface area contributed by atoms with Crippen molar-refractivity contribution in [3.8, 4) is 5.75 Å². The first-order chi connectivity index (χ1) is 8.29. The predicted octanol–water partition coefficient (Wildman–Crippen LogP) is 3.36.